The summed E-state index contributed by atoms with van der Waals surface area (Å²) in [6.07, 6.45) is 2.21. The van der Waals surface area contributed by atoms with E-state index in [1.807, 2.05) is 0 Å². The molecule has 0 aromatic heterocycles. The Morgan fingerprint density at radius 3 is 1.24 bits per heavy atom. The van der Waals surface area contributed by atoms with Gasteiger partial charge in [0.05, 0.1) is 22.7 Å². The summed E-state index contributed by atoms with van der Waals surface area (Å²) in [5.74, 6) is 3.53. The molecule has 4 heterocycles. The number of anilines is 12. The average molecular weight is 1140 g/mol. The summed E-state index contributed by atoms with van der Waals surface area (Å²) in [6, 6.07) is 81.4. The third-order valence-corrected chi connectivity index (χ3v) is 20.1. The summed E-state index contributed by atoms with van der Waals surface area (Å²) in [5.41, 5.74) is 30.2. The fourth-order valence-corrected chi connectivity index (χ4v) is 15.7. The molecule has 0 amide bonds. The molecule has 16 rings (SSSR count). The first kappa shape index (κ1) is 53.8. The molecule has 5 aliphatic rings. The fraction of sp³-hybridized carbons (Fsp3) is 0.175. The normalized spacial score (nSPS) is 14.9. The largest absolute Gasteiger partial charge is 0.458 e. The van der Waals surface area contributed by atoms with Gasteiger partial charge in [-0.25, -0.2) is 0 Å². The van der Waals surface area contributed by atoms with E-state index in [9.17, 15) is 0 Å². The van der Waals surface area contributed by atoms with Crippen LogP contribution in [0.1, 0.15) is 85.0 Å². The second-order valence-corrected chi connectivity index (χ2v) is 26.6. The zero-order valence-corrected chi connectivity index (χ0v) is 52.0. The predicted molar refractivity (Wildman–Crippen MR) is 371 cm³/mol. The van der Waals surface area contributed by atoms with Gasteiger partial charge in [0, 0.05) is 57.6 Å². The van der Waals surface area contributed by atoms with E-state index in [1.165, 1.54) is 66.4 Å². The molecule has 0 bridgehead atoms. The van der Waals surface area contributed by atoms with E-state index < -0.39 is 0 Å². The summed E-state index contributed by atoms with van der Waals surface area (Å²) in [6.45, 7) is 22.8. The van der Waals surface area contributed by atoms with Crippen LogP contribution >= 0.6 is 0 Å². The topological polar surface area (TPSA) is 31.4 Å². The van der Waals surface area contributed by atoms with Gasteiger partial charge in [-0.1, -0.05) is 167 Å². The lowest BCUT2D eigenvalue weighted by Crippen LogP contribution is -2.64. The zero-order chi connectivity index (χ0) is 60.1. The van der Waals surface area contributed by atoms with Gasteiger partial charge in [0.1, 0.15) is 23.0 Å². The number of hydrogen-bond donors (Lipinski definition) is 0. The quantitative estimate of drug-likeness (QED) is 0.141. The van der Waals surface area contributed by atoms with Crippen LogP contribution in [0.5, 0.6) is 23.0 Å². The maximum atomic E-state index is 7.69. The van der Waals surface area contributed by atoms with Gasteiger partial charge in [0.15, 0.2) is 0 Å². The standard InChI is InChI=1S/C80H70B2N4O2/c1-49-25-17-20-36-65(49)85(77-51(3)27-23-28-52(77)4)57-41-69-75-73(43-57)87-71-38-22-19-35-61(71)81(75)62-47-63-68(48-67(62)83(69)55-31-13-11-14-32-55)84(56-33-15-12-16-34-56)70-42-58(86(66-37-21-18-26-50(66)2)78-53(5)29-24-30-54(78)6)44-74-76(70)82(63)64-45-59-60(46-72(64)88-74)80(9,10)40-39-79(59,7)8/h11-38,41-48H,39-40H2,1-10H3. The smallest absolute Gasteiger partial charge is 0.256 e. The molecule has 88 heavy (non-hydrogen) atoms. The highest BCUT2D eigenvalue weighted by atomic mass is 16.5. The lowest BCUT2D eigenvalue weighted by atomic mass is 9.30. The predicted octanol–water partition coefficient (Wildman–Crippen LogP) is 17.6. The van der Waals surface area contributed by atoms with Crippen molar-refractivity contribution in [2.24, 2.45) is 0 Å². The molecule has 0 N–H and O–H groups in total. The second kappa shape index (κ2) is 19.9. The second-order valence-electron chi connectivity index (χ2n) is 26.6. The molecular weight excluding hydrogens is 1070 g/mol. The molecule has 6 nitrogen and oxygen atoms in total. The number of ether oxygens (including phenoxy) is 2. The Bertz CT molecular complexity index is 4670. The minimum Gasteiger partial charge on any atom is -0.458 e. The van der Waals surface area contributed by atoms with Crippen molar-refractivity contribution in [3.8, 4) is 23.0 Å². The fourth-order valence-electron chi connectivity index (χ4n) is 15.7. The van der Waals surface area contributed by atoms with E-state index >= 15 is 0 Å². The van der Waals surface area contributed by atoms with Crippen molar-refractivity contribution in [1.29, 1.82) is 0 Å². The molecule has 0 saturated heterocycles. The lowest BCUT2D eigenvalue weighted by molar-refractivity contribution is 0.330. The SMILES string of the molecule is Cc1ccccc1N(c1cc2c3c(c1)N(c1ccccc1)c1cc4c(cc1B3c1ccccc1O2)B1c2cc3c(cc2Oc2cc(N(c5ccccc5C)c5c(C)cccc5C)cc(c21)N4c1ccccc1)C(C)(C)CCC3(C)C)c1c(C)cccc1C. The van der Waals surface area contributed by atoms with Gasteiger partial charge in [-0.05, 0) is 209 Å². The lowest BCUT2D eigenvalue weighted by Gasteiger charge is -2.46. The van der Waals surface area contributed by atoms with Crippen molar-refractivity contribution < 1.29 is 9.47 Å². The first-order valence-electron chi connectivity index (χ1n) is 31.3. The molecule has 0 spiro atoms. The number of hydrogen-bond acceptors (Lipinski definition) is 6. The molecule has 8 heteroatoms. The molecule has 4 aliphatic heterocycles. The Balaban J connectivity index is 1.02. The first-order valence-corrected chi connectivity index (χ1v) is 31.3. The van der Waals surface area contributed by atoms with E-state index in [0.717, 1.165) is 115 Å². The molecule has 0 unspecified atom stereocenters. The number of benzene rings is 11. The number of rotatable bonds is 8. The third kappa shape index (κ3) is 8.17. The number of nitrogens with zero attached hydrogens (tertiary/aromatic N) is 4. The zero-order valence-electron chi connectivity index (χ0n) is 52.0. The van der Waals surface area contributed by atoms with Gasteiger partial charge >= 0.3 is 0 Å². The number of aryl methyl sites for hydroxylation is 6. The highest BCUT2D eigenvalue weighted by Crippen LogP contribution is 2.53. The molecule has 0 fully saturated rings. The van der Waals surface area contributed by atoms with Crippen molar-refractivity contribution in [1.82, 2.24) is 0 Å². The Labute approximate surface area is 519 Å². The number of fused-ring (bicyclic) bond motifs is 9. The van der Waals surface area contributed by atoms with Crippen LogP contribution < -0.4 is 61.9 Å². The van der Waals surface area contributed by atoms with Crippen molar-refractivity contribution in [3.05, 3.63) is 263 Å². The van der Waals surface area contributed by atoms with Gasteiger partial charge in [0.25, 0.3) is 13.4 Å². The molecule has 0 saturated carbocycles. The minimum absolute atomic E-state index is 0.0355. The van der Waals surface area contributed by atoms with Gasteiger partial charge < -0.3 is 29.1 Å². The van der Waals surface area contributed by atoms with Crippen LogP contribution in [0, 0.1) is 41.5 Å². The van der Waals surface area contributed by atoms with Crippen LogP contribution in [0.4, 0.5) is 68.2 Å². The van der Waals surface area contributed by atoms with E-state index in [0.29, 0.717) is 0 Å². The summed E-state index contributed by atoms with van der Waals surface area (Å²) in [5, 5.41) is 0. The van der Waals surface area contributed by atoms with E-state index in [2.05, 4.69) is 307 Å². The Morgan fingerprint density at radius 2 is 0.750 bits per heavy atom. The van der Waals surface area contributed by atoms with Gasteiger partial charge in [-0.3, -0.25) is 0 Å². The van der Waals surface area contributed by atoms with Crippen LogP contribution in [0.15, 0.2) is 218 Å². The van der Waals surface area contributed by atoms with Gasteiger partial charge in [0.2, 0.25) is 0 Å². The van der Waals surface area contributed by atoms with Crippen LogP contribution in [0.25, 0.3) is 0 Å². The maximum absolute atomic E-state index is 7.69. The molecular formula is C80H70B2N4O2. The summed E-state index contributed by atoms with van der Waals surface area (Å²) in [7, 11) is 0. The Morgan fingerprint density at radius 1 is 0.341 bits per heavy atom. The molecule has 0 radical (unpaired) electrons. The molecule has 11 aromatic rings. The molecule has 0 atom stereocenters. The first-order chi connectivity index (χ1) is 42.6. The maximum Gasteiger partial charge on any atom is 0.256 e. The highest BCUT2D eigenvalue weighted by molar-refractivity contribution is 7.02. The van der Waals surface area contributed by atoms with E-state index in [-0.39, 0.29) is 24.3 Å². The van der Waals surface area contributed by atoms with Crippen molar-refractivity contribution in [2.75, 3.05) is 19.6 Å². The Kier molecular flexibility index (Phi) is 12.2. The minimum atomic E-state index is -0.190. The molecule has 428 valence electrons. The third-order valence-electron chi connectivity index (χ3n) is 20.1. The summed E-state index contributed by atoms with van der Waals surface area (Å²) < 4.78 is 15.0. The monoisotopic (exact) mass is 1140 g/mol. The van der Waals surface area contributed by atoms with Crippen molar-refractivity contribution >= 4 is 114 Å². The van der Waals surface area contributed by atoms with Crippen molar-refractivity contribution in [3.63, 3.8) is 0 Å². The van der Waals surface area contributed by atoms with E-state index in [1.54, 1.807) is 0 Å². The van der Waals surface area contributed by atoms with Crippen molar-refractivity contribution in [2.45, 2.75) is 92.9 Å². The average Bonchev–Trinajstić information content (AvgIpc) is 0.699. The molecule has 11 aromatic carbocycles. The van der Waals surface area contributed by atoms with Crippen LogP contribution in [-0.2, 0) is 10.8 Å². The van der Waals surface area contributed by atoms with Crippen LogP contribution in [0.3, 0.4) is 0 Å². The summed E-state index contributed by atoms with van der Waals surface area (Å²) in [4.78, 5) is 10.0. The summed E-state index contributed by atoms with van der Waals surface area (Å²) >= 11 is 0. The van der Waals surface area contributed by atoms with E-state index in [4.69, 9.17) is 9.47 Å². The van der Waals surface area contributed by atoms with Crippen LogP contribution in [-0.4, -0.2) is 13.4 Å². The van der Waals surface area contributed by atoms with Gasteiger partial charge in [-0.15, -0.1) is 0 Å². The Hall–Kier alpha value is -9.65. The van der Waals surface area contributed by atoms with Gasteiger partial charge in [-0.2, -0.15) is 0 Å². The molecule has 1 aliphatic carbocycles. The highest BCUT2D eigenvalue weighted by Gasteiger charge is 2.49. The van der Waals surface area contributed by atoms with Crippen LogP contribution in [0.2, 0.25) is 0 Å². The number of para-hydroxylation sites is 7.